The number of nitrogens with zero attached hydrogens (tertiary/aromatic N) is 4. The second kappa shape index (κ2) is 6.53. The molecule has 0 saturated carbocycles. The molecule has 2 aromatic rings. The van der Waals surface area contributed by atoms with Crippen LogP contribution in [0.15, 0.2) is 58.9 Å². The number of halogens is 1. The zero-order valence-corrected chi connectivity index (χ0v) is 14.9. The molecule has 2 aliphatic heterocycles. The molecule has 2 aromatic carbocycles. The molecule has 2 atom stereocenters. The predicted octanol–water partition coefficient (Wildman–Crippen LogP) is 3.40. The van der Waals surface area contributed by atoms with Crippen molar-refractivity contribution >= 4 is 29.1 Å². The van der Waals surface area contributed by atoms with Gasteiger partial charge in [-0.25, -0.2) is 4.90 Å². The molecular formula is C19H17ClN4O2. The standard InChI is InChI=1S/C19H17ClN4O2/c1-2-12-6-8-13(9-7-12)11-23-17-16(21-22-23)18(25)24(19(17)26)15-5-3-4-14(20)10-15/h3-10,16-17H,2,11H2,1H3/t16-,17+/m0/s1. The summed E-state index contributed by atoms with van der Waals surface area (Å²) < 4.78 is 0. The van der Waals surface area contributed by atoms with Gasteiger partial charge in [-0.05, 0) is 35.7 Å². The number of hydrogen-bond donors (Lipinski definition) is 0. The van der Waals surface area contributed by atoms with Gasteiger partial charge in [-0.15, -0.1) is 0 Å². The lowest BCUT2D eigenvalue weighted by atomic mass is 10.1. The van der Waals surface area contributed by atoms with E-state index in [0.29, 0.717) is 17.3 Å². The van der Waals surface area contributed by atoms with E-state index in [1.54, 1.807) is 29.3 Å². The minimum atomic E-state index is -0.795. The van der Waals surface area contributed by atoms with Crippen molar-refractivity contribution in [3.8, 4) is 0 Å². The molecule has 7 heteroatoms. The van der Waals surface area contributed by atoms with E-state index < -0.39 is 12.1 Å². The highest BCUT2D eigenvalue weighted by molar-refractivity contribution is 6.31. The van der Waals surface area contributed by atoms with E-state index in [1.165, 1.54) is 5.56 Å². The molecule has 0 aromatic heterocycles. The first-order valence-corrected chi connectivity index (χ1v) is 8.85. The molecule has 0 aliphatic carbocycles. The number of anilines is 1. The van der Waals surface area contributed by atoms with Crippen LogP contribution in [-0.2, 0) is 22.6 Å². The molecule has 0 bridgehead atoms. The van der Waals surface area contributed by atoms with Crippen LogP contribution in [0.2, 0.25) is 5.02 Å². The van der Waals surface area contributed by atoms with Crippen LogP contribution < -0.4 is 4.90 Å². The maximum Gasteiger partial charge on any atom is 0.263 e. The molecule has 6 nitrogen and oxygen atoms in total. The summed E-state index contributed by atoms with van der Waals surface area (Å²) in [7, 11) is 0. The molecule has 0 radical (unpaired) electrons. The van der Waals surface area contributed by atoms with Crippen LogP contribution in [0.25, 0.3) is 0 Å². The summed E-state index contributed by atoms with van der Waals surface area (Å²) in [5.41, 5.74) is 2.72. The maximum absolute atomic E-state index is 12.9. The van der Waals surface area contributed by atoms with Gasteiger partial charge in [-0.1, -0.05) is 54.1 Å². The Morgan fingerprint density at radius 3 is 2.46 bits per heavy atom. The molecule has 2 heterocycles. The Morgan fingerprint density at radius 2 is 1.77 bits per heavy atom. The van der Waals surface area contributed by atoms with E-state index in [4.69, 9.17) is 11.6 Å². The maximum atomic E-state index is 12.9. The van der Waals surface area contributed by atoms with Crippen LogP contribution >= 0.6 is 11.6 Å². The summed E-state index contributed by atoms with van der Waals surface area (Å²) in [6.07, 6.45) is 0.968. The van der Waals surface area contributed by atoms with E-state index in [2.05, 4.69) is 29.4 Å². The van der Waals surface area contributed by atoms with E-state index in [-0.39, 0.29) is 11.8 Å². The molecule has 2 aliphatic rings. The zero-order valence-electron chi connectivity index (χ0n) is 14.2. The van der Waals surface area contributed by atoms with E-state index in [9.17, 15) is 9.59 Å². The van der Waals surface area contributed by atoms with E-state index >= 15 is 0 Å². The fraction of sp³-hybridized carbons (Fsp3) is 0.263. The van der Waals surface area contributed by atoms with Gasteiger partial charge in [-0.3, -0.25) is 14.6 Å². The summed E-state index contributed by atoms with van der Waals surface area (Å²) >= 11 is 6.00. The third-order valence-corrected chi connectivity index (χ3v) is 4.94. The quantitative estimate of drug-likeness (QED) is 0.777. The Labute approximate surface area is 156 Å². The van der Waals surface area contributed by atoms with Crippen molar-refractivity contribution in [3.05, 3.63) is 64.7 Å². The molecule has 1 fully saturated rings. The number of fused-ring (bicyclic) bond motifs is 1. The Hall–Kier alpha value is -2.73. The number of aryl methyl sites for hydroxylation is 1. The topological polar surface area (TPSA) is 65.3 Å². The van der Waals surface area contributed by atoms with Crippen molar-refractivity contribution in [1.82, 2.24) is 5.01 Å². The van der Waals surface area contributed by atoms with Gasteiger partial charge < -0.3 is 0 Å². The monoisotopic (exact) mass is 368 g/mol. The smallest absolute Gasteiger partial charge is 0.263 e. The lowest BCUT2D eigenvalue weighted by Gasteiger charge is -2.20. The van der Waals surface area contributed by atoms with E-state index in [1.807, 2.05) is 12.1 Å². The highest BCUT2D eigenvalue weighted by atomic mass is 35.5. The number of carbonyl (C=O) groups is 2. The third kappa shape index (κ3) is 2.76. The first kappa shape index (κ1) is 16.7. The summed E-state index contributed by atoms with van der Waals surface area (Å²) in [6.45, 7) is 2.53. The molecule has 1 saturated heterocycles. The molecular weight excluding hydrogens is 352 g/mol. The number of benzene rings is 2. The van der Waals surface area contributed by atoms with Crippen LogP contribution in [0.4, 0.5) is 5.69 Å². The van der Waals surface area contributed by atoms with Crippen molar-refractivity contribution < 1.29 is 9.59 Å². The molecule has 2 amide bonds. The highest BCUT2D eigenvalue weighted by Gasteiger charge is 2.54. The van der Waals surface area contributed by atoms with Gasteiger partial charge in [0, 0.05) is 5.02 Å². The van der Waals surface area contributed by atoms with Gasteiger partial charge >= 0.3 is 0 Å². The Morgan fingerprint density at radius 1 is 1.04 bits per heavy atom. The van der Waals surface area contributed by atoms with Crippen LogP contribution in [0.5, 0.6) is 0 Å². The number of imide groups is 1. The van der Waals surface area contributed by atoms with Gasteiger partial charge in [0.15, 0.2) is 12.1 Å². The van der Waals surface area contributed by atoms with Gasteiger partial charge in [0.1, 0.15) is 0 Å². The fourth-order valence-electron chi connectivity index (χ4n) is 3.29. The van der Waals surface area contributed by atoms with Gasteiger partial charge in [0.2, 0.25) is 0 Å². The normalized spacial score (nSPS) is 21.6. The summed E-state index contributed by atoms with van der Waals surface area (Å²) in [6, 6.07) is 13.3. The third-order valence-electron chi connectivity index (χ3n) is 4.70. The minimum Gasteiger partial charge on any atom is -0.271 e. The first-order chi connectivity index (χ1) is 12.6. The summed E-state index contributed by atoms with van der Waals surface area (Å²) in [5, 5.41) is 10.2. The number of amides is 2. The second-order valence-electron chi connectivity index (χ2n) is 6.35. The van der Waals surface area contributed by atoms with Crippen LogP contribution in [0.3, 0.4) is 0 Å². The van der Waals surface area contributed by atoms with Gasteiger partial charge in [0.05, 0.1) is 12.2 Å². The average Bonchev–Trinajstić information content (AvgIpc) is 3.16. The molecule has 4 rings (SSSR count). The fourth-order valence-corrected chi connectivity index (χ4v) is 3.48. The van der Waals surface area contributed by atoms with Gasteiger partial charge in [0.25, 0.3) is 11.8 Å². The lowest BCUT2D eigenvalue weighted by molar-refractivity contribution is -0.123. The van der Waals surface area contributed by atoms with Crippen LogP contribution in [-0.4, -0.2) is 28.9 Å². The number of rotatable bonds is 4. The minimum absolute atomic E-state index is 0.322. The Bertz CT molecular complexity index is 897. The average molecular weight is 369 g/mol. The van der Waals surface area contributed by atoms with Crippen molar-refractivity contribution in [2.45, 2.75) is 32.0 Å². The Kier molecular flexibility index (Phi) is 4.20. The molecule has 0 N–H and O–H groups in total. The largest absolute Gasteiger partial charge is 0.271 e. The zero-order chi connectivity index (χ0) is 18.3. The Balaban J connectivity index is 1.57. The summed E-state index contributed by atoms with van der Waals surface area (Å²) in [4.78, 5) is 26.7. The van der Waals surface area contributed by atoms with Crippen molar-refractivity contribution in [2.75, 3.05) is 4.90 Å². The predicted molar refractivity (Wildman–Crippen MR) is 97.7 cm³/mol. The molecule has 0 unspecified atom stereocenters. The molecule has 0 spiro atoms. The van der Waals surface area contributed by atoms with Crippen LogP contribution in [0.1, 0.15) is 18.1 Å². The second-order valence-corrected chi connectivity index (χ2v) is 6.79. The number of hydrogen-bond acceptors (Lipinski definition) is 5. The van der Waals surface area contributed by atoms with Crippen molar-refractivity contribution in [1.29, 1.82) is 0 Å². The molecule has 132 valence electrons. The van der Waals surface area contributed by atoms with Crippen LogP contribution in [0, 0.1) is 0 Å². The molecule has 26 heavy (non-hydrogen) atoms. The van der Waals surface area contributed by atoms with Crippen molar-refractivity contribution in [2.24, 2.45) is 10.3 Å². The SMILES string of the molecule is CCc1ccc(CN2N=N[C@@H]3C(=O)N(c4cccc(Cl)c4)C(=O)[C@@H]32)cc1. The first-order valence-electron chi connectivity index (χ1n) is 8.47. The van der Waals surface area contributed by atoms with Crippen molar-refractivity contribution in [3.63, 3.8) is 0 Å². The number of carbonyl (C=O) groups excluding carboxylic acids is 2. The van der Waals surface area contributed by atoms with E-state index in [0.717, 1.165) is 16.9 Å². The van der Waals surface area contributed by atoms with Gasteiger partial charge in [-0.2, -0.15) is 5.11 Å². The highest BCUT2D eigenvalue weighted by Crippen LogP contribution is 2.33. The lowest BCUT2D eigenvalue weighted by Crippen LogP contribution is -2.39. The summed E-state index contributed by atoms with van der Waals surface area (Å²) in [5.74, 6) is -0.688.